The van der Waals surface area contributed by atoms with Crippen LogP contribution in [0.5, 0.6) is 0 Å². The summed E-state index contributed by atoms with van der Waals surface area (Å²) in [5, 5.41) is 19.4. The van der Waals surface area contributed by atoms with Gasteiger partial charge in [-0.2, -0.15) is 0 Å². The van der Waals surface area contributed by atoms with Gasteiger partial charge in [0.2, 0.25) is 0 Å². The van der Waals surface area contributed by atoms with Gasteiger partial charge in [-0.05, 0) is 66.1 Å². The first-order valence-corrected chi connectivity index (χ1v) is 12.2. The number of rotatable bonds is 6. The molecule has 1 amide bonds. The summed E-state index contributed by atoms with van der Waals surface area (Å²) in [6, 6.07) is 23.8. The monoisotopic (exact) mass is 470 g/mol. The number of aliphatic hydroxyl groups is 1. The van der Waals surface area contributed by atoms with Crippen LogP contribution in [-0.4, -0.2) is 52.2 Å². The van der Waals surface area contributed by atoms with Crippen LogP contribution in [0.25, 0.3) is 11.1 Å². The number of carboxylic acid groups (broad SMARTS) is 1. The number of carboxylic acids is 1. The molecule has 6 heteroatoms. The SMILES string of the molecule is C[C@@H](O)[C@@H](C(=O)O)N1Cc2cc(N3CCC(c4ccc(-c5ccccc5)cc4)CC3)ccc2C1=O. The van der Waals surface area contributed by atoms with Crippen LogP contribution in [0.4, 0.5) is 5.69 Å². The first-order valence-electron chi connectivity index (χ1n) is 12.2. The maximum atomic E-state index is 12.8. The van der Waals surface area contributed by atoms with Crippen molar-refractivity contribution in [3.05, 3.63) is 89.5 Å². The van der Waals surface area contributed by atoms with Crippen molar-refractivity contribution in [2.24, 2.45) is 0 Å². The van der Waals surface area contributed by atoms with Gasteiger partial charge in [-0.25, -0.2) is 4.79 Å². The van der Waals surface area contributed by atoms with E-state index in [1.54, 1.807) is 6.07 Å². The number of carbonyl (C=O) groups is 2. The van der Waals surface area contributed by atoms with E-state index in [9.17, 15) is 19.8 Å². The average Bonchev–Trinajstić information content (AvgIpc) is 3.19. The van der Waals surface area contributed by atoms with Crippen LogP contribution in [0.2, 0.25) is 0 Å². The molecule has 3 aromatic rings. The number of fused-ring (bicyclic) bond motifs is 1. The van der Waals surface area contributed by atoms with E-state index in [1.165, 1.54) is 28.5 Å². The van der Waals surface area contributed by atoms with Gasteiger partial charge in [-0.15, -0.1) is 0 Å². The molecule has 5 rings (SSSR count). The number of piperidine rings is 1. The smallest absolute Gasteiger partial charge is 0.329 e. The van der Waals surface area contributed by atoms with Gasteiger partial charge in [-0.1, -0.05) is 54.6 Å². The van der Waals surface area contributed by atoms with Gasteiger partial charge in [-0.3, -0.25) is 4.79 Å². The molecule has 0 saturated carbocycles. The molecule has 2 aliphatic heterocycles. The summed E-state index contributed by atoms with van der Waals surface area (Å²) in [6.07, 6.45) is 0.956. The number of anilines is 1. The van der Waals surface area contributed by atoms with E-state index in [-0.39, 0.29) is 12.5 Å². The van der Waals surface area contributed by atoms with Crippen molar-refractivity contribution < 1.29 is 19.8 Å². The van der Waals surface area contributed by atoms with E-state index in [0.717, 1.165) is 37.2 Å². The molecule has 2 atom stereocenters. The molecule has 1 saturated heterocycles. The average molecular weight is 471 g/mol. The molecule has 0 unspecified atom stereocenters. The minimum atomic E-state index is -1.25. The first kappa shape index (κ1) is 23.1. The maximum absolute atomic E-state index is 12.8. The molecular formula is C29H30N2O4. The highest BCUT2D eigenvalue weighted by Crippen LogP contribution is 2.34. The lowest BCUT2D eigenvalue weighted by atomic mass is 9.88. The minimum Gasteiger partial charge on any atom is -0.480 e. The van der Waals surface area contributed by atoms with Gasteiger partial charge in [0.25, 0.3) is 5.91 Å². The second-order valence-corrected chi connectivity index (χ2v) is 9.55. The summed E-state index contributed by atoms with van der Waals surface area (Å²) in [4.78, 5) is 28.0. The number of amides is 1. The molecule has 3 aromatic carbocycles. The molecule has 0 aliphatic carbocycles. The fraction of sp³-hybridized carbons (Fsp3) is 0.310. The van der Waals surface area contributed by atoms with Crippen molar-refractivity contribution in [1.29, 1.82) is 0 Å². The Morgan fingerprint density at radius 2 is 1.60 bits per heavy atom. The largest absolute Gasteiger partial charge is 0.480 e. The van der Waals surface area contributed by atoms with Gasteiger partial charge < -0.3 is 20.0 Å². The van der Waals surface area contributed by atoms with Gasteiger partial charge in [0, 0.05) is 30.9 Å². The van der Waals surface area contributed by atoms with Crippen molar-refractivity contribution in [3.63, 3.8) is 0 Å². The highest BCUT2D eigenvalue weighted by Gasteiger charge is 2.39. The van der Waals surface area contributed by atoms with Crippen LogP contribution in [0.1, 0.15) is 47.2 Å². The van der Waals surface area contributed by atoms with Crippen LogP contribution in [0.15, 0.2) is 72.8 Å². The first-order chi connectivity index (χ1) is 16.9. The predicted molar refractivity (Wildman–Crippen MR) is 135 cm³/mol. The van der Waals surface area contributed by atoms with Crippen molar-refractivity contribution in [1.82, 2.24) is 4.90 Å². The molecule has 35 heavy (non-hydrogen) atoms. The number of benzene rings is 3. The molecule has 1 fully saturated rings. The van der Waals surface area contributed by atoms with E-state index in [1.807, 2.05) is 18.2 Å². The molecule has 0 aromatic heterocycles. The van der Waals surface area contributed by atoms with Crippen LogP contribution in [0.3, 0.4) is 0 Å². The topological polar surface area (TPSA) is 81.1 Å². The molecule has 0 spiro atoms. The second kappa shape index (κ2) is 9.55. The van der Waals surface area contributed by atoms with Crippen LogP contribution in [0, 0.1) is 0 Å². The lowest BCUT2D eigenvalue weighted by Crippen LogP contribution is -2.48. The molecule has 0 bridgehead atoms. The van der Waals surface area contributed by atoms with E-state index >= 15 is 0 Å². The number of nitrogens with zero attached hydrogens (tertiary/aromatic N) is 2. The molecule has 2 N–H and O–H groups in total. The van der Waals surface area contributed by atoms with Crippen molar-refractivity contribution in [2.45, 2.75) is 44.4 Å². The number of aliphatic carboxylic acids is 1. The highest BCUT2D eigenvalue weighted by molar-refractivity contribution is 6.01. The summed E-state index contributed by atoms with van der Waals surface area (Å²) in [7, 11) is 0. The van der Waals surface area contributed by atoms with E-state index in [0.29, 0.717) is 11.5 Å². The Kier molecular flexibility index (Phi) is 6.31. The third-order valence-electron chi connectivity index (χ3n) is 7.32. The number of aliphatic hydroxyl groups excluding tert-OH is 1. The Labute approximate surface area is 205 Å². The third-order valence-corrected chi connectivity index (χ3v) is 7.32. The van der Waals surface area contributed by atoms with Crippen molar-refractivity contribution >= 4 is 17.6 Å². The van der Waals surface area contributed by atoms with Gasteiger partial charge in [0.15, 0.2) is 6.04 Å². The van der Waals surface area contributed by atoms with Gasteiger partial charge in [0.05, 0.1) is 6.10 Å². The van der Waals surface area contributed by atoms with Crippen LogP contribution in [-0.2, 0) is 11.3 Å². The lowest BCUT2D eigenvalue weighted by molar-refractivity contribution is -0.146. The number of carbonyl (C=O) groups excluding carboxylic acids is 1. The quantitative estimate of drug-likeness (QED) is 0.553. The molecule has 0 radical (unpaired) electrons. The Bertz CT molecular complexity index is 1220. The van der Waals surface area contributed by atoms with E-state index in [2.05, 4.69) is 53.4 Å². The number of hydrogen-bond acceptors (Lipinski definition) is 4. The maximum Gasteiger partial charge on any atom is 0.329 e. The van der Waals surface area contributed by atoms with E-state index in [4.69, 9.17) is 0 Å². The van der Waals surface area contributed by atoms with Crippen LogP contribution < -0.4 is 4.90 Å². The number of hydrogen-bond donors (Lipinski definition) is 2. The van der Waals surface area contributed by atoms with Crippen molar-refractivity contribution in [2.75, 3.05) is 18.0 Å². The molecule has 2 heterocycles. The Hall–Kier alpha value is -3.64. The summed E-state index contributed by atoms with van der Waals surface area (Å²) >= 11 is 0. The zero-order valence-corrected chi connectivity index (χ0v) is 19.8. The normalized spacial score (nSPS) is 17.8. The van der Waals surface area contributed by atoms with Gasteiger partial charge in [0.1, 0.15) is 0 Å². The zero-order chi connectivity index (χ0) is 24.5. The van der Waals surface area contributed by atoms with Gasteiger partial charge >= 0.3 is 5.97 Å². The van der Waals surface area contributed by atoms with Crippen LogP contribution >= 0.6 is 0 Å². The molecular weight excluding hydrogens is 440 g/mol. The Morgan fingerprint density at radius 1 is 0.943 bits per heavy atom. The lowest BCUT2D eigenvalue weighted by Gasteiger charge is -2.34. The zero-order valence-electron chi connectivity index (χ0n) is 19.8. The molecule has 2 aliphatic rings. The summed E-state index contributed by atoms with van der Waals surface area (Å²) < 4.78 is 0. The standard InChI is InChI=1S/C29H30N2O4/c1-19(32)27(29(34)35)31-18-24-17-25(11-12-26(24)28(31)33)30-15-13-23(14-16-30)22-9-7-21(8-10-22)20-5-3-2-4-6-20/h2-12,17,19,23,27,32H,13-16,18H2,1H3,(H,34,35)/t19-,27+/m1/s1. The fourth-order valence-corrected chi connectivity index (χ4v) is 5.40. The minimum absolute atomic E-state index is 0.202. The Morgan fingerprint density at radius 3 is 2.23 bits per heavy atom. The summed E-state index contributed by atoms with van der Waals surface area (Å²) in [5.41, 5.74) is 6.23. The van der Waals surface area contributed by atoms with Crippen molar-refractivity contribution in [3.8, 4) is 11.1 Å². The highest BCUT2D eigenvalue weighted by atomic mass is 16.4. The van der Waals surface area contributed by atoms with E-state index < -0.39 is 18.1 Å². The summed E-state index contributed by atoms with van der Waals surface area (Å²) in [5.74, 6) is -1.01. The summed E-state index contributed by atoms with van der Waals surface area (Å²) in [6.45, 7) is 3.45. The molecule has 6 nitrogen and oxygen atoms in total. The Balaban J connectivity index is 1.24. The second-order valence-electron chi connectivity index (χ2n) is 9.55. The third kappa shape index (κ3) is 4.54. The predicted octanol–water partition coefficient (Wildman–Crippen LogP) is 4.53. The fourth-order valence-electron chi connectivity index (χ4n) is 5.40. The molecule has 180 valence electrons.